The monoisotopic (exact) mass is 607 g/mol. The van der Waals surface area contributed by atoms with Crippen LogP contribution in [0.15, 0.2) is 48.8 Å². The van der Waals surface area contributed by atoms with Crippen molar-refractivity contribution in [2.45, 2.75) is 52.6 Å². The van der Waals surface area contributed by atoms with Crippen molar-refractivity contribution in [1.82, 2.24) is 20.1 Å². The van der Waals surface area contributed by atoms with Crippen molar-refractivity contribution in [1.29, 1.82) is 0 Å². The standard InChI is InChI=1S/C13H13F3N2.C11H10F3NO.C4H12N2.ClH/c1-13(2,3)18-12(4-5-17-18)8-6-10(15)11(16)7-9(8)14;1-15(2)4-3-11(16)7-5-9(13)10(14)6-8(7)12;1-4(2,3)6-5;/h4-7H,1-3H3;3-6H,1-2H3;6H,5H2,1-3H3;1H. The fraction of sp³-hybridized carbons (Fsp3) is 0.357. The summed E-state index contributed by atoms with van der Waals surface area (Å²) in [7, 11) is 3.34. The molecule has 0 aliphatic heterocycles. The van der Waals surface area contributed by atoms with Gasteiger partial charge in [0, 0.05) is 50.3 Å². The van der Waals surface area contributed by atoms with Gasteiger partial charge in [0.25, 0.3) is 0 Å². The molecule has 0 saturated heterocycles. The molecule has 0 radical (unpaired) electrons. The molecule has 0 aliphatic carbocycles. The Morgan fingerprint density at radius 2 is 1.32 bits per heavy atom. The van der Waals surface area contributed by atoms with Gasteiger partial charge < -0.3 is 17.3 Å². The Labute approximate surface area is 242 Å². The Kier molecular flexibility index (Phi) is 14.3. The smallest absolute Gasteiger partial charge is 0.190 e. The minimum Gasteiger partial charge on any atom is -1.00 e. The highest BCUT2D eigenvalue weighted by atomic mass is 35.5. The molecule has 0 spiro atoms. The van der Waals surface area contributed by atoms with Gasteiger partial charge in [-0.2, -0.15) is 10.5 Å². The van der Waals surface area contributed by atoms with Gasteiger partial charge in [-0.1, -0.05) is 0 Å². The van der Waals surface area contributed by atoms with Gasteiger partial charge in [0.1, 0.15) is 11.6 Å². The van der Waals surface area contributed by atoms with Crippen LogP contribution in [0.3, 0.4) is 0 Å². The van der Waals surface area contributed by atoms with Gasteiger partial charge in [0.05, 0.1) is 22.3 Å². The molecule has 2 aromatic carbocycles. The zero-order chi connectivity index (χ0) is 31.0. The summed E-state index contributed by atoms with van der Waals surface area (Å²) in [6.07, 6.45) is 3.97. The van der Waals surface area contributed by atoms with E-state index in [9.17, 15) is 31.1 Å². The molecule has 3 rings (SSSR count). The van der Waals surface area contributed by atoms with Crippen LogP contribution in [-0.4, -0.2) is 40.1 Å². The number of ketones is 1. The maximum absolute atomic E-state index is 13.7. The number of carbonyl (C=O) groups is 1. The molecule has 0 saturated carbocycles. The average molecular weight is 608 g/mol. The minimum absolute atomic E-state index is 0. The number of halogens is 7. The highest BCUT2D eigenvalue weighted by Gasteiger charge is 2.21. The molecule has 0 aliphatic rings. The molecule has 1 aromatic heterocycles. The van der Waals surface area contributed by atoms with Crippen molar-refractivity contribution in [2.75, 3.05) is 14.1 Å². The van der Waals surface area contributed by atoms with Gasteiger partial charge in [-0.05, 0) is 59.7 Å². The second kappa shape index (κ2) is 15.6. The van der Waals surface area contributed by atoms with Crippen LogP contribution in [0.4, 0.5) is 26.3 Å². The van der Waals surface area contributed by atoms with Crippen LogP contribution in [0.2, 0.25) is 0 Å². The van der Waals surface area contributed by atoms with E-state index >= 15 is 0 Å². The van der Waals surface area contributed by atoms with E-state index in [2.05, 4.69) is 37.1 Å². The van der Waals surface area contributed by atoms with Crippen molar-refractivity contribution < 1.29 is 49.4 Å². The highest BCUT2D eigenvalue weighted by molar-refractivity contribution is 6.04. The molecular formula is C28H36ClF6N5O. The SMILES string of the molecule is CC(C)(C)N[NH3+].CC(C)(C)n1nccc1-c1cc(F)c(F)cc1F.CN(C)C=CC(=O)c1cc(F)c(F)cc1F.[Cl-]. The van der Waals surface area contributed by atoms with E-state index in [0.717, 1.165) is 12.1 Å². The Bertz CT molecular complexity index is 1330. The van der Waals surface area contributed by atoms with Crippen molar-refractivity contribution in [3.05, 3.63) is 89.3 Å². The fourth-order valence-corrected chi connectivity index (χ4v) is 2.78. The Hall–Kier alpha value is -3.35. The first-order valence-electron chi connectivity index (χ1n) is 12.1. The number of carbonyl (C=O) groups excluding carboxylic acids is 1. The first-order valence-corrected chi connectivity index (χ1v) is 12.1. The largest absolute Gasteiger partial charge is 1.00 e. The summed E-state index contributed by atoms with van der Waals surface area (Å²) in [6, 6.07) is 3.87. The van der Waals surface area contributed by atoms with E-state index in [0.29, 0.717) is 23.9 Å². The van der Waals surface area contributed by atoms with Crippen LogP contribution in [0.5, 0.6) is 0 Å². The molecule has 0 amide bonds. The van der Waals surface area contributed by atoms with Gasteiger partial charge >= 0.3 is 0 Å². The molecule has 0 atom stereocenters. The van der Waals surface area contributed by atoms with Crippen LogP contribution in [-0.2, 0) is 5.54 Å². The lowest BCUT2D eigenvalue weighted by molar-refractivity contribution is -0.460. The number of nitrogens with one attached hydrogen (secondary N) is 1. The lowest BCUT2D eigenvalue weighted by Crippen LogP contribution is -3.00. The van der Waals surface area contributed by atoms with E-state index < -0.39 is 46.3 Å². The van der Waals surface area contributed by atoms with E-state index in [1.54, 1.807) is 29.7 Å². The third-order valence-electron chi connectivity index (χ3n) is 4.89. The van der Waals surface area contributed by atoms with Gasteiger partial charge in [-0.3, -0.25) is 15.3 Å². The molecule has 6 nitrogen and oxygen atoms in total. The molecule has 13 heteroatoms. The number of nitrogens with zero attached hydrogens (tertiary/aromatic N) is 3. The molecule has 0 unspecified atom stereocenters. The predicted molar refractivity (Wildman–Crippen MR) is 142 cm³/mol. The molecule has 228 valence electrons. The molecule has 1 heterocycles. The van der Waals surface area contributed by atoms with Crippen molar-refractivity contribution >= 4 is 5.78 Å². The zero-order valence-electron chi connectivity index (χ0n) is 24.2. The zero-order valence-corrected chi connectivity index (χ0v) is 25.0. The van der Waals surface area contributed by atoms with Gasteiger partial charge in [0.2, 0.25) is 0 Å². The number of hydrogen-bond acceptors (Lipinski definition) is 4. The molecular weight excluding hydrogens is 572 g/mol. The van der Waals surface area contributed by atoms with E-state index in [-0.39, 0.29) is 29.0 Å². The summed E-state index contributed by atoms with van der Waals surface area (Å²) >= 11 is 0. The molecule has 41 heavy (non-hydrogen) atoms. The quantitative estimate of drug-likeness (QED) is 0.157. The van der Waals surface area contributed by atoms with E-state index in [1.807, 2.05) is 20.8 Å². The molecule has 3 aromatic rings. The van der Waals surface area contributed by atoms with Gasteiger partial charge in [-0.15, -0.1) is 0 Å². The summed E-state index contributed by atoms with van der Waals surface area (Å²) in [5.74, 6) is -3.93. The number of benzene rings is 2. The highest BCUT2D eigenvalue weighted by Crippen LogP contribution is 2.28. The Balaban J connectivity index is 0.000000644. The first-order chi connectivity index (χ1) is 18.3. The van der Waals surface area contributed by atoms with Crippen molar-refractivity contribution in [2.24, 2.45) is 0 Å². The topological polar surface area (TPSA) is 77.8 Å². The second-order valence-electron chi connectivity index (χ2n) is 10.9. The van der Waals surface area contributed by atoms with Gasteiger partial charge in [-0.25, -0.2) is 26.3 Å². The number of quaternary nitrogens is 1. The lowest BCUT2D eigenvalue weighted by atomic mass is 10.1. The maximum atomic E-state index is 13.7. The minimum atomic E-state index is -1.31. The summed E-state index contributed by atoms with van der Waals surface area (Å²) in [6.45, 7) is 11.9. The Morgan fingerprint density at radius 3 is 1.78 bits per heavy atom. The van der Waals surface area contributed by atoms with Crippen LogP contribution in [0.25, 0.3) is 11.3 Å². The number of aromatic nitrogens is 2. The van der Waals surface area contributed by atoms with E-state index in [1.165, 1.54) is 12.4 Å². The van der Waals surface area contributed by atoms with Gasteiger partial charge in [0.15, 0.2) is 29.1 Å². The third kappa shape index (κ3) is 12.0. The predicted octanol–water partition coefficient (Wildman–Crippen LogP) is 2.62. The summed E-state index contributed by atoms with van der Waals surface area (Å²) in [5.41, 5.74) is 2.58. The van der Waals surface area contributed by atoms with Crippen molar-refractivity contribution in [3.63, 3.8) is 0 Å². The van der Waals surface area contributed by atoms with Crippen LogP contribution in [0.1, 0.15) is 51.9 Å². The Morgan fingerprint density at radius 1 is 0.854 bits per heavy atom. The number of rotatable bonds is 4. The number of allylic oxidation sites excluding steroid dienone is 1. The fourth-order valence-electron chi connectivity index (χ4n) is 2.78. The average Bonchev–Trinajstić information content (AvgIpc) is 3.33. The number of hydrogen-bond donors (Lipinski definition) is 2. The molecule has 4 N–H and O–H groups in total. The van der Waals surface area contributed by atoms with Crippen molar-refractivity contribution in [3.8, 4) is 11.3 Å². The van der Waals surface area contributed by atoms with Crippen LogP contribution >= 0.6 is 0 Å². The van der Waals surface area contributed by atoms with E-state index in [4.69, 9.17) is 0 Å². The normalized spacial score (nSPS) is 11.2. The summed E-state index contributed by atoms with van der Waals surface area (Å²) in [5, 5.41) is 4.09. The third-order valence-corrected chi connectivity index (χ3v) is 4.89. The lowest BCUT2D eigenvalue weighted by Gasteiger charge is -2.22. The first kappa shape index (κ1) is 37.6. The van der Waals surface area contributed by atoms with Crippen LogP contribution < -0.4 is 23.7 Å². The molecule has 0 bridgehead atoms. The summed E-state index contributed by atoms with van der Waals surface area (Å²) < 4.78 is 79.9. The maximum Gasteiger partial charge on any atom is 0.190 e. The summed E-state index contributed by atoms with van der Waals surface area (Å²) in [4.78, 5) is 13.0. The molecule has 0 fully saturated rings. The van der Waals surface area contributed by atoms with Crippen LogP contribution in [0, 0.1) is 34.9 Å². The second-order valence-corrected chi connectivity index (χ2v) is 10.9.